The highest BCUT2D eigenvalue weighted by Gasteiger charge is 2.34. The number of halogens is 2. The molecule has 1 saturated carbocycles. The highest BCUT2D eigenvalue weighted by molar-refractivity contribution is 5.96. The lowest BCUT2D eigenvalue weighted by molar-refractivity contribution is -0.127. The standard InChI is InChI=1S/C26H26F2N2O3/c27-20-12-8-18(9-13-20)17-30(26(32)23-7-4-16-33-23)24(19-10-14-21(28)15-11-19)25(31)29-22-5-2-1-3-6-22/h4,7-16,22,24H,1-3,5-6,17H2,(H,29,31). The van der Waals surface area contributed by atoms with E-state index in [0.29, 0.717) is 11.1 Å². The molecule has 2 aromatic carbocycles. The summed E-state index contributed by atoms with van der Waals surface area (Å²) in [7, 11) is 0. The van der Waals surface area contributed by atoms with E-state index in [-0.39, 0.29) is 24.3 Å². The third kappa shape index (κ3) is 5.66. The van der Waals surface area contributed by atoms with Crippen molar-refractivity contribution >= 4 is 11.8 Å². The molecule has 4 rings (SSSR count). The maximum Gasteiger partial charge on any atom is 0.290 e. The molecular formula is C26H26F2N2O3. The molecule has 0 saturated heterocycles. The molecule has 1 atom stereocenters. The van der Waals surface area contributed by atoms with Gasteiger partial charge in [0, 0.05) is 12.6 Å². The van der Waals surface area contributed by atoms with Gasteiger partial charge in [-0.15, -0.1) is 0 Å². The van der Waals surface area contributed by atoms with Gasteiger partial charge < -0.3 is 14.6 Å². The Labute approximate surface area is 191 Å². The third-order valence-electron chi connectivity index (χ3n) is 5.96. The first kappa shape index (κ1) is 22.7. The molecular weight excluding hydrogens is 426 g/mol. The van der Waals surface area contributed by atoms with Crippen molar-refractivity contribution < 1.29 is 22.8 Å². The number of nitrogens with zero attached hydrogens (tertiary/aromatic N) is 1. The van der Waals surface area contributed by atoms with Gasteiger partial charge in [0.1, 0.15) is 17.7 Å². The van der Waals surface area contributed by atoms with Crippen LogP contribution < -0.4 is 5.32 Å². The van der Waals surface area contributed by atoms with E-state index < -0.39 is 23.6 Å². The van der Waals surface area contributed by atoms with Crippen molar-refractivity contribution in [3.05, 3.63) is 95.4 Å². The summed E-state index contributed by atoms with van der Waals surface area (Å²) in [5.41, 5.74) is 1.13. The summed E-state index contributed by atoms with van der Waals surface area (Å²) in [6, 6.07) is 13.4. The second-order valence-corrected chi connectivity index (χ2v) is 8.33. The average molecular weight is 453 g/mol. The van der Waals surface area contributed by atoms with Gasteiger partial charge in [0.25, 0.3) is 5.91 Å². The zero-order valence-corrected chi connectivity index (χ0v) is 18.2. The largest absolute Gasteiger partial charge is 0.459 e. The fraction of sp³-hybridized carbons (Fsp3) is 0.308. The first-order chi connectivity index (χ1) is 16.0. The molecule has 33 heavy (non-hydrogen) atoms. The van der Waals surface area contributed by atoms with Gasteiger partial charge in [-0.25, -0.2) is 8.78 Å². The molecule has 172 valence electrons. The second-order valence-electron chi connectivity index (χ2n) is 8.33. The van der Waals surface area contributed by atoms with Crippen molar-refractivity contribution in [2.45, 2.75) is 50.7 Å². The number of nitrogens with one attached hydrogen (secondary N) is 1. The Balaban J connectivity index is 1.71. The van der Waals surface area contributed by atoms with Crippen molar-refractivity contribution in [3.8, 4) is 0 Å². The summed E-state index contributed by atoms with van der Waals surface area (Å²) in [6.45, 7) is 0.0416. The number of carbonyl (C=O) groups excluding carboxylic acids is 2. The van der Waals surface area contributed by atoms with Crippen LogP contribution in [0.4, 0.5) is 8.78 Å². The Hall–Kier alpha value is -3.48. The molecule has 3 aromatic rings. The molecule has 1 N–H and O–H groups in total. The number of furan rings is 1. The zero-order valence-electron chi connectivity index (χ0n) is 18.2. The van der Waals surface area contributed by atoms with Crippen molar-refractivity contribution in [2.24, 2.45) is 0 Å². The molecule has 1 aromatic heterocycles. The highest BCUT2D eigenvalue weighted by atomic mass is 19.1. The molecule has 5 nitrogen and oxygen atoms in total. The number of hydrogen-bond acceptors (Lipinski definition) is 3. The fourth-order valence-electron chi connectivity index (χ4n) is 4.25. The van der Waals surface area contributed by atoms with Gasteiger partial charge in [0.2, 0.25) is 5.91 Å². The maximum absolute atomic E-state index is 13.7. The zero-order chi connectivity index (χ0) is 23.2. The SMILES string of the molecule is O=C(NC1CCCCC1)C(c1ccc(F)cc1)N(Cc1ccc(F)cc1)C(=O)c1ccco1. The lowest BCUT2D eigenvalue weighted by Crippen LogP contribution is -2.46. The van der Waals surface area contributed by atoms with E-state index in [0.717, 1.165) is 32.1 Å². The predicted octanol–water partition coefficient (Wildman–Crippen LogP) is 5.39. The lowest BCUT2D eigenvalue weighted by atomic mass is 9.94. The Morgan fingerprint density at radius 3 is 2.18 bits per heavy atom. The first-order valence-corrected chi connectivity index (χ1v) is 11.2. The lowest BCUT2D eigenvalue weighted by Gasteiger charge is -2.33. The van der Waals surface area contributed by atoms with E-state index in [9.17, 15) is 18.4 Å². The quantitative estimate of drug-likeness (QED) is 0.523. The van der Waals surface area contributed by atoms with E-state index in [1.165, 1.54) is 53.6 Å². The summed E-state index contributed by atoms with van der Waals surface area (Å²) in [6.07, 6.45) is 6.37. The summed E-state index contributed by atoms with van der Waals surface area (Å²) in [5, 5.41) is 3.09. The summed E-state index contributed by atoms with van der Waals surface area (Å²) >= 11 is 0. The van der Waals surface area contributed by atoms with E-state index in [2.05, 4.69) is 5.32 Å². The topological polar surface area (TPSA) is 62.6 Å². The molecule has 0 spiro atoms. The van der Waals surface area contributed by atoms with Crippen LogP contribution in [0.5, 0.6) is 0 Å². The number of hydrogen-bond donors (Lipinski definition) is 1. The Morgan fingerprint density at radius 2 is 1.58 bits per heavy atom. The number of rotatable bonds is 7. The average Bonchev–Trinajstić information content (AvgIpc) is 3.36. The minimum Gasteiger partial charge on any atom is -0.459 e. The molecule has 1 heterocycles. The third-order valence-corrected chi connectivity index (χ3v) is 5.96. The molecule has 0 radical (unpaired) electrons. The van der Waals surface area contributed by atoms with Crippen molar-refractivity contribution in [1.82, 2.24) is 10.2 Å². The first-order valence-electron chi connectivity index (χ1n) is 11.2. The second kappa shape index (κ2) is 10.4. The van der Waals surface area contributed by atoms with Crippen LogP contribution in [0.25, 0.3) is 0 Å². The number of carbonyl (C=O) groups is 2. The van der Waals surface area contributed by atoms with Crippen LogP contribution in [0.2, 0.25) is 0 Å². The van der Waals surface area contributed by atoms with Gasteiger partial charge in [0.15, 0.2) is 5.76 Å². The Bertz CT molecular complexity index is 1060. The summed E-state index contributed by atoms with van der Waals surface area (Å²) in [4.78, 5) is 28.4. The van der Waals surface area contributed by atoms with E-state index in [1.54, 1.807) is 18.2 Å². The number of benzene rings is 2. The van der Waals surface area contributed by atoms with Crippen molar-refractivity contribution in [1.29, 1.82) is 0 Å². The van der Waals surface area contributed by atoms with Gasteiger partial charge in [-0.3, -0.25) is 9.59 Å². The van der Waals surface area contributed by atoms with Gasteiger partial charge in [-0.2, -0.15) is 0 Å². The number of amides is 2. The van der Waals surface area contributed by atoms with Crippen LogP contribution in [0.3, 0.4) is 0 Å². The Kier molecular flexibility index (Phi) is 7.17. The van der Waals surface area contributed by atoms with Crippen LogP contribution >= 0.6 is 0 Å². The minimum atomic E-state index is -1.02. The molecule has 1 fully saturated rings. The van der Waals surface area contributed by atoms with Crippen molar-refractivity contribution in [2.75, 3.05) is 0 Å². The van der Waals surface area contributed by atoms with Crippen LogP contribution in [-0.4, -0.2) is 22.8 Å². The van der Waals surface area contributed by atoms with Crippen LogP contribution in [0, 0.1) is 11.6 Å². The fourth-order valence-corrected chi connectivity index (χ4v) is 4.25. The van der Waals surface area contributed by atoms with Gasteiger partial charge in [0.05, 0.1) is 6.26 Å². The molecule has 0 bridgehead atoms. The molecule has 1 aliphatic rings. The molecule has 1 aliphatic carbocycles. The van der Waals surface area contributed by atoms with Gasteiger partial charge in [-0.05, 0) is 60.4 Å². The van der Waals surface area contributed by atoms with Gasteiger partial charge >= 0.3 is 0 Å². The van der Waals surface area contributed by atoms with Gasteiger partial charge in [-0.1, -0.05) is 43.5 Å². The van der Waals surface area contributed by atoms with E-state index >= 15 is 0 Å². The molecule has 1 unspecified atom stereocenters. The predicted molar refractivity (Wildman–Crippen MR) is 119 cm³/mol. The van der Waals surface area contributed by atoms with Crippen LogP contribution in [0.1, 0.15) is 59.8 Å². The normalized spacial score (nSPS) is 15.1. The van der Waals surface area contributed by atoms with Crippen LogP contribution in [-0.2, 0) is 11.3 Å². The van der Waals surface area contributed by atoms with Crippen LogP contribution in [0.15, 0.2) is 71.3 Å². The summed E-state index contributed by atoms with van der Waals surface area (Å²) in [5.74, 6) is -1.58. The molecule has 7 heteroatoms. The Morgan fingerprint density at radius 1 is 0.939 bits per heavy atom. The van der Waals surface area contributed by atoms with Crippen molar-refractivity contribution in [3.63, 3.8) is 0 Å². The highest BCUT2D eigenvalue weighted by Crippen LogP contribution is 2.28. The smallest absolute Gasteiger partial charge is 0.290 e. The maximum atomic E-state index is 13.7. The summed E-state index contributed by atoms with van der Waals surface area (Å²) < 4.78 is 32.4. The molecule has 0 aliphatic heterocycles. The molecule has 2 amide bonds. The van der Waals surface area contributed by atoms with E-state index in [4.69, 9.17) is 4.42 Å². The monoisotopic (exact) mass is 452 g/mol. The minimum absolute atomic E-state index is 0.0283. The van der Waals surface area contributed by atoms with E-state index in [1.807, 2.05) is 0 Å².